The Kier molecular flexibility index (Phi) is 4.92. The van der Waals surface area contributed by atoms with E-state index < -0.39 is 38.5 Å². The van der Waals surface area contributed by atoms with Crippen LogP contribution in [0, 0.1) is 5.82 Å². The Balaban J connectivity index is 2.45. The van der Waals surface area contributed by atoms with Crippen molar-refractivity contribution in [2.45, 2.75) is 17.1 Å². The van der Waals surface area contributed by atoms with Crippen molar-refractivity contribution in [3.8, 4) is 0 Å². The summed E-state index contributed by atoms with van der Waals surface area (Å²) in [5.41, 5.74) is -0.648. The predicted molar refractivity (Wildman–Crippen MR) is 74.8 cm³/mol. The molecule has 23 heavy (non-hydrogen) atoms. The van der Waals surface area contributed by atoms with Crippen LogP contribution in [-0.2, 0) is 15.8 Å². The van der Waals surface area contributed by atoms with Crippen molar-refractivity contribution < 1.29 is 26.0 Å². The van der Waals surface area contributed by atoms with Gasteiger partial charge in [-0.05, 0) is 18.2 Å². The molecule has 4 nitrogen and oxygen atoms in total. The van der Waals surface area contributed by atoms with Crippen LogP contribution >= 0.6 is 11.6 Å². The number of hydrogen-bond donors (Lipinski definition) is 1. The molecule has 0 amide bonds. The SMILES string of the molecule is O=S(=O)(NC(F)(c1ccc(Cl)cc1)C(F)F)c1cncc(F)c1. The lowest BCUT2D eigenvalue weighted by atomic mass is 10.1. The fourth-order valence-corrected chi connectivity index (χ4v) is 3.02. The van der Waals surface area contributed by atoms with Crippen LogP contribution in [0.15, 0.2) is 47.6 Å². The van der Waals surface area contributed by atoms with Gasteiger partial charge in [-0.25, -0.2) is 26.0 Å². The van der Waals surface area contributed by atoms with E-state index >= 15 is 0 Å². The van der Waals surface area contributed by atoms with E-state index in [1.807, 2.05) is 0 Å². The highest BCUT2D eigenvalue weighted by Gasteiger charge is 2.46. The first-order chi connectivity index (χ1) is 10.6. The van der Waals surface area contributed by atoms with E-state index in [1.54, 1.807) is 0 Å². The monoisotopic (exact) mass is 368 g/mol. The van der Waals surface area contributed by atoms with Crippen LogP contribution < -0.4 is 4.72 Å². The Morgan fingerprint density at radius 3 is 2.30 bits per heavy atom. The van der Waals surface area contributed by atoms with E-state index in [0.717, 1.165) is 24.3 Å². The summed E-state index contributed by atoms with van der Waals surface area (Å²) in [5, 5.41) is 0.155. The Morgan fingerprint density at radius 1 is 1.17 bits per heavy atom. The van der Waals surface area contributed by atoms with Crippen molar-refractivity contribution >= 4 is 21.6 Å². The zero-order valence-corrected chi connectivity index (χ0v) is 12.8. The molecular formula is C13H9ClF4N2O2S. The van der Waals surface area contributed by atoms with Gasteiger partial charge in [-0.2, -0.15) is 4.72 Å². The number of alkyl halides is 3. The van der Waals surface area contributed by atoms with Crippen LogP contribution in [0.2, 0.25) is 5.02 Å². The molecular weight excluding hydrogens is 360 g/mol. The molecule has 0 aliphatic rings. The number of nitrogens with zero attached hydrogens (tertiary/aromatic N) is 1. The number of benzene rings is 1. The molecule has 2 rings (SSSR count). The molecule has 0 aliphatic heterocycles. The number of sulfonamides is 1. The molecule has 1 aromatic heterocycles. The average Bonchev–Trinajstić information content (AvgIpc) is 2.47. The zero-order chi connectivity index (χ0) is 17.3. The molecule has 1 atom stereocenters. The van der Waals surface area contributed by atoms with Gasteiger partial charge >= 0.3 is 0 Å². The van der Waals surface area contributed by atoms with Crippen LogP contribution in [0.5, 0.6) is 0 Å². The summed E-state index contributed by atoms with van der Waals surface area (Å²) < 4.78 is 79.4. The standard InChI is InChI=1S/C13H9ClF4N2O2S/c14-9-3-1-8(2-4-9)13(18,12(16)17)20-23(21,22)11-5-10(15)6-19-7-11/h1-7,12,20H. The average molecular weight is 369 g/mol. The summed E-state index contributed by atoms with van der Waals surface area (Å²) in [6, 6.07) is 4.63. The third kappa shape index (κ3) is 3.80. The number of pyridine rings is 1. The van der Waals surface area contributed by atoms with Crippen LogP contribution in [0.4, 0.5) is 17.6 Å². The minimum Gasteiger partial charge on any atom is -0.260 e. The summed E-state index contributed by atoms with van der Waals surface area (Å²) in [6.07, 6.45) is -2.30. The van der Waals surface area contributed by atoms with Gasteiger partial charge in [-0.3, -0.25) is 4.98 Å². The summed E-state index contributed by atoms with van der Waals surface area (Å²) in [6.45, 7) is 0. The molecule has 1 N–H and O–H groups in total. The molecule has 124 valence electrons. The molecule has 0 saturated carbocycles. The third-order valence-electron chi connectivity index (χ3n) is 2.84. The highest BCUT2D eigenvalue weighted by molar-refractivity contribution is 7.89. The highest BCUT2D eigenvalue weighted by atomic mass is 35.5. The second-order valence-corrected chi connectivity index (χ2v) is 6.58. The van der Waals surface area contributed by atoms with Gasteiger partial charge in [0.05, 0.1) is 6.20 Å². The van der Waals surface area contributed by atoms with Gasteiger partial charge < -0.3 is 0 Å². The molecule has 0 radical (unpaired) electrons. The summed E-state index contributed by atoms with van der Waals surface area (Å²) in [4.78, 5) is 2.50. The first-order valence-electron chi connectivity index (χ1n) is 6.03. The molecule has 0 spiro atoms. The Morgan fingerprint density at radius 2 is 1.78 bits per heavy atom. The fourth-order valence-electron chi connectivity index (χ4n) is 1.72. The Bertz CT molecular complexity index is 802. The molecule has 0 saturated heterocycles. The van der Waals surface area contributed by atoms with Crippen molar-refractivity contribution in [3.05, 3.63) is 59.1 Å². The Hall–Kier alpha value is -1.71. The fraction of sp³-hybridized carbons (Fsp3) is 0.154. The largest absolute Gasteiger partial charge is 0.290 e. The van der Waals surface area contributed by atoms with E-state index in [-0.39, 0.29) is 5.02 Å². The van der Waals surface area contributed by atoms with Crippen molar-refractivity contribution in [2.75, 3.05) is 0 Å². The number of aromatic nitrogens is 1. The van der Waals surface area contributed by atoms with E-state index in [0.29, 0.717) is 18.5 Å². The minimum absolute atomic E-state index is 0.155. The topological polar surface area (TPSA) is 59.1 Å². The maximum atomic E-state index is 14.7. The molecule has 0 bridgehead atoms. The lowest BCUT2D eigenvalue weighted by molar-refractivity contribution is -0.0474. The van der Waals surface area contributed by atoms with Crippen LogP contribution in [0.3, 0.4) is 0 Å². The quantitative estimate of drug-likeness (QED) is 0.651. The van der Waals surface area contributed by atoms with Crippen LogP contribution in [-0.4, -0.2) is 19.8 Å². The van der Waals surface area contributed by atoms with Crippen LogP contribution in [0.25, 0.3) is 0 Å². The van der Waals surface area contributed by atoms with Crippen molar-refractivity contribution in [1.29, 1.82) is 0 Å². The maximum Gasteiger partial charge on any atom is 0.290 e. The smallest absolute Gasteiger partial charge is 0.260 e. The second-order valence-electron chi connectivity index (χ2n) is 4.46. The van der Waals surface area contributed by atoms with Crippen LogP contribution in [0.1, 0.15) is 5.56 Å². The summed E-state index contributed by atoms with van der Waals surface area (Å²) in [5.74, 6) is -4.73. The van der Waals surface area contributed by atoms with Crippen molar-refractivity contribution in [1.82, 2.24) is 9.71 Å². The van der Waals surface area contributed by atoms with Gasteiger partial charge in [-0.15, -0.1) is 0 Å². The van der Waals surface area contributed by atoms with E-state index in [2.05, 4.69) is 4.98 Å². The van der Waals surface area contributed by atoms with E-state index in [9.17, 15) is 26.0 Å². The number of nitrogens with one attached hydrogen (secondary N) is 1. The molecule has 1 heterocycles. The minimum atomic E-state index is -4.78. The first kappa shape index (κ1) is 17.6. The Labute approximate surface area is 134 Å². The summed E-state index contributed by atoms with van der Waals surface area (Å²) >= 11 is 5.59. The van der Waals surface area contributed by atoms with E-state index in [1.165, 1.54) is 4.72 Å². The van der Waals surface area contributed by atoms with Gasteiger partial charge in [0.25, 0.3) is 12.2 Å². The van der Waals surface area contributed by atoms with Gasteiger partial charge in [0.2, 0.25) is 10.0 Å². The molecule has 0 aliphatic carbocycles. The highest BCUT2D eigenvalue weighted by Crippen LogP contribution is 2.32. The van der Waals surface area contributed by atoms with Crippen molar-refractivity contribution in [3.63, 3.8) is 0 Å². The molecule has 0 fully saturated rings. The maximum absolute atomic E-state index is 14.7. The number of rotatable bonds is 5. The lowest BCUT2D eigenvalue weighted by Gasteiger charge is -2.26. The third-order valence-corrected chi connectivity index (χ3v) is 4.50. The van der Waals surface area contributed by atoms with Gasteiger partial charge in [-0.1, -0.05) is 23.7 Å². The van der Waals surface area contributed by atoms with E-state index in [4.69, 9.17) is 11.6 Å². The number of halogens is 5. The molecule has 1 aromatic carbocycles. The molecule has 1 unspecified atom stereocenters. The molecule has 10 heteroatoms. The van der Waals surface area contributed by atoms with Gasteiger partial charge in [0.1, 0.15) is 10.7 Å². The lowest BCUT2D eigenvalue weighted by Crippen LogP contribution is -2.47. The van der Waals surface area contributed by atoms with Gasteiger partial charge in [0, 0.05) is 16.8 Å². The second kappa shape index (κ2) is 6.42. The predicted octanol–water partition coefficient (Wildman–Crippen LogP) is 3.24. The normalized spacial score (nSPS) is 14.7. The van der Waals surface area contributed by atoms with Crippen molar-refractivity contribution in [2.24, 2.45) is 0 Å². The number of hydrogen-bond acceptors (Lipinski definition) is 3. The first-order valence-corrected chi connectivity index (χ1v) is 7.89. The molecule has 2 aromatic rings. The van der Waals surface area contributed by atoms with Gasteiger partial charge in [0.15, 0.2) is 0 Å². The zero-order valence-electron chi connectivity index (χ0n) is 11.2. The summed E-state index contributed by atoms with van der Waals surface area (Å²) in [7, 11) is -4.78.